The van der Waals surface area contributed by atoms with Crippen LogP contribution in [0, 0.1) is 0 Å². The zero-order valence-corrected chi connectivity index (χ0v) is 76.3. The minimum atomic E-state index is -0.00896. The van der Waals surface area contributed by atoms with Crippen LogP contribution in [0.1, 0.15) is 73.6 Å². The van der Waals surface area contributed by atoms with Crippen LogP contribution < -0.4 is 10.6 Å². The number of rotatable bonds is 18. The number of aromatic hydroxyl groups is 4. The molecule has 0 amide bonds. The van der Waals surface area contributed by atoms with Gasteiger partial charge >= 0.3 is 0 Å². The van der Waals surface area contributed by atoms with Crippen molar-refractivity contribution in [3.05, 3.63) is 411 Å². The van der Waals surface area contributed by atoms with Crippen molar-refractivity contribution in [1.29, 1.82) is 0 Å². The van der Waals surface area contributed by atoms with Crippen molar-refractivity contribution in [3.8, 4) is 112 Å². The molecule has 20 aromatic rings. The van der Waals surface area contributed by atoms with Crippen LogP contribution in [0.5, 0.6) is 23.0 Å². The zero-order valence-electron chi connectivity index (χ0n) is 73.2. The molecule has 0 heterocycles. The molecule has 0 aromatic heterocycles. The van der Waals surface area contributed by atoms with Gasteiger partial charge in [0.05, 0.1) is 12.1 Å². The maximum absolute atomic E-state index is 12.5. The van der Waals surface area contributed by atoms with E-state index >= 15 is 0 Å². The largest absolute Gasteiger partial charge is 0.507 e. The van der Waals surface area contributed by atoms with E-state index in [-0.39, 0.29) is 90.1 Å². The van der Waals surface area contributed by atoms with Crippen LogP contribution in [0.15, 0.2) is 398 Å². The fourth-order valence-corrected chi connectivity index (χ4v) is 20.5. The predicted molar refractivity (Wildman–Crippen MR) is 544 cm³/mol. The summed E-state index contributed by atoms with van der Waals surface area (Å²) in [6.07, 6.45) is 12.0. The Labute approximate surface area is 798 Å². The molecule has 0 bridgehead atoms. The van der Waals surface area contributed by atoms with E-state index in [1.807, 2.05) is 48.8 Å². The Morgan fingerprint density at radius 3 is 0.727 bits per heavy atom. The molecule has 2 aliphatic carbocycles. The van der Waals surface area contributed by atoms with Gasteiger partial charge in [0.15, 0.2) is 0 Å². The van der Waals surface area contributed by atoms with E-state index in [9.17, 15) is 20.4 Å². The van der Waals surface area contributed by atoms with Crippen molar-refractivity contribution in [2.45, 2.75) is 88.6 Å². The smallest absolute Gasteiger partial charge is 0.132 e. The molecule has 4 atom stereocenters. The van der Waals surface area contributed by atoms with Gasteiger partial charge in [-0.05, 0) is 181 Å². The van der Waals surface area contributed by atoms with Crippen molar-refractivity contribution in [2.24, 2.45) is 9.98 Å². The first-order chi connectivity index (χ1) is 63.2. The molecule has 0 aliphatic heterocycles. The summed E-state index contributed by atoms with van der Waals surface area (Å²) in [5.74, 6) is 1.06. The van der Waals surface area contributed by atoms with Crippen molar-refractivity contribution >= 4 is 98.6 Å². The number of benzene rings is 20. The minimum Gasteiger partial charge on any atom is -0.507 e. The number of hydrogen-bond acceptors (Lipinski definition) is 8. The average molecular weight is 1790 g/mol. The average Bonchev–Trinajstić information content (AvgIpc) is 0.754. The van der Waals surface area contributed by atoms with Crippen molar-refractivity contribution in [2.75, 3.05) is 0 Å². The number of phenolic OH excluding ortho intramolecular Hbond substituents is 4. The molecule has 2 aliphatic rings. The van der Waals surface area contributed by atoms with Gasteiger partial charge in [0.25, 0.3) is 0 Å². The van der Waals surface area contributed by atoms with Crippen LogP contribution in [0.2, 0.25) is 0 Å². The summed E-state index contributed by atoms with van der Waals surface area (Å²) in [6, 6.07) is 135. The molecular formula is C120H100N4O6Ti2. The Hall–Kier alpha value is -13.7. The van der Waals surface area contributed by atoms with Crippen molar-refractivity contribution in [3.63, 3.8) is 0 Å². The Kier molecular flexibility index (Phi) is 27.6. The molecule has 22 rings (SSSR count). The van der Waals surface area contributed by atoms with Gasteiger partial charge < -0.3 is 42.0 Å². The van der Waals surface area contributed by atoms with Gasteiger partial charge in [-0.25, -0.2) is 0 Å². The first-order valence-corrected chi connectivity index (χ1v) is 45.0. The van der Waals surface area contributed by atoms with Gasteiger partial charge in [-0.1, -0.05) is 390 Å². The second-order valence-electron chi connectivity index (χ2n) is 34.3. The Bertz CT molecular complexity index is 7230. The van der Waals surface area contributed by atoms with Crippen molar-refractivity contribution < 1.29 is 74.8 Å². The van der Waals surface area contributed by atoms with E-state index in [0.717, 1.165) is 238 Å². The summed E-state index contributed by atoms with van der Waals surface area (Å²) >= 11 is 0. The van der Waals surface area contributed by atoms with Gasteiger partial charge in [-0.2, -0.15) is 0 Å². The number of hydrogen-bond donors (Lipinski definition) is 6. The molecule has 10 N–H and O–H groups in total. The SMILES string of the molecule is O.O.Oc1c(C=N[C@H]2CCCC[C@@H]2NCc2cc3ccccc3c(-c3c(-c4ccccc4)ccc4ccccc34)c2O)cc2ccccc2c1-c1c(-c2ccccc2)ccc2ccccc12.Oc1c(C=N[C@H]2CCCC[C@@H]2NCc2cc3ccccc3c(-c3c(-c4ccccc4)ccc4ccccc34)c2O)cc2ccccc2c1-c1c(-c2ccccc2)ccc2ccccc12.[Ti].[Ti]. The van der Waals surface area contributed by atoms with E-state index in [1.165, 1.54) is 0 Å². The topological polar surface area (TPSA) is 193 Å². The van der Waals surface area contributed by atoms with Gasteiger partial charge in [-0.3, -0.25) is 9.98 Å². The Balaban J connectivity index is 0.000000179. The van der Waals surface area contributed by atoms with Gasteiger partial charge in [0.2, 0.25) is 0 Å². The quantitative estimate of drug-likeness (QED) is 0.0366. The second-order valence-corrected chi connectivity index (χ2v) is 34.3. The molecule has 20 aromatic carbocycles. The molecule has 10 nitrogen and oxygen atoms in total. The van der Waals surface area contributed by atoms with Crippen LogP contribution in [-0.4, -0.2) is 68.0 Å². The Morgan fingerprint density at radius 2 is 0.455 bits per heavy atom. The van der Waals surface area contributed by atoms with E-state index < -0.39 is 0 Å². The summed E-state index contributed by atoms with van der Waals surface area (Å²) < 4.78 is 0. The fourth-order valence-electron chi connectivity index (χ4n) is 20.5. The molecule has 2 fully saturated rings. The summed E-state index contributed by atoms with van der Waals surface area (Å²) in [7, 11) is 0. The predicted octanol–water partition coefficient (Wildman–Crippen LogP) is 28.1. The van der Waals surface area contributed by atoms with Crippen LogP contribution in [0.3, 0.4) is 0 Å². The van der Waals surface area contributed by atoms with E-state index in [4.69, 9.17) is 9.98 Å². The number of nitrogens with one attached hydrogen (secondary N) is 2. The first-order valence-electron chi connectivity index (χ1n) is 45.0. The third kappa shape index (κ3) is 17.6. The number of aliphatic imine (C=N–C) groups is 2. The summed E-state index contributed by atoms with van der Waals surface area (Å²) in [4.78, 5) is 10.6. The number of phenols is 4. The molecule has 2 saturated carbocycles. The van der Waals surface area contributed by atoms with Gasteiger partial charge in [0.1, 0.15) is 23.0 Å². The number of fused-ring (bicyclic) bond motifs is 8. The summed E-state index contributed by atoms with van der Waals surface area (Å²) in [6.45, 7) is 0.973. The monoisotopic (exact) mass is 1790 g/mol. The van der Waals surface area contributed by atoms with Crippen molar-refractivity contribution in [1.82, 2.24) is 10.6 Å². The molecule has 12 heteroatoms. The van der Waals surface area contributed by atoms with Crippen LogP contribution in [-0.2, 0) is 56.5 Å². The Morgan fingerprint density at radius 1 is 0.235 bits per heavy atom. The van der Waals surface area contributed by atoms with Crippen LogP contribution in [0.4, 0.5) is 0 Å². The van der Waals surface area contributed by atoms with Crippen LogP contribution >= 0.6 is 0 Å². The minimum absolute atomic E-state index is 0. The van der Waals surface area contributed by atoms with E-state index in [1.54, 1.807) is 0 Å². The van der Waals surface area contributed by atoms with Gasteiger partial charge in [-0.15, -0.1) is 0 Å². The van der Waals surface area contributed by atoms with E-state index in [0.29, 0.717) is 35.7 Å². The maximum atomic E-state index is 12.5. The molecule has 0 saturated heterocycles. The maximum Gasteiger partial charge on any atom is 0.132 e. The second kappa shape index (κ2) is 40.3. The molecule has 0 radical (unpaired) electrons. The normalized spacial score (nSPS) is 15.0. The summed E-state index contributed by atoms with van der Waals surface area (Å²) in [5.41, 5.74) is 19.3. The molecule has 132 heavy (non-hydrogen) atoms. The first kappa shape index (κ1) is 90.2. The third-order valence-corrected chi connectivity index (χ3v) is 26.7. The molecule has 0 spiro atoms. The summed E-state index contributed by atoms with van der Waals surface area (Å²) in [5, 5.41) is 74.9. The molecule has 644 valence electrons. The van der Waals surface area contributed by atoms with Crippen LogP contribution in [0.25, 0.3) is 175 Å². The van der Waals surface area contributed by atoms with E-state index in [2.05, 4.69) is 362 Å². The number of nitrogens with zero attached hydrogens (tertiary/aromatic N) is 2. The molecular weight excluding hydrogens is 1690 g/mol. The fraction of sp³-hybridized carbons (Fsp3) is 0.117. The molecule has 0 unspecified atom stereocenters. The zero-order chi connectivity index (χ0) is 86.0. The van der Waals surface area contributed by atoms with Gasteiger partial charge in [0, 0.05) is 148 Å². The third-order valence-electron chi connectivity index (χ3n) is 26.7. The standard InChI is InChI=1S/2C60H48N2O2.2H2O.2Ti/c2*63-59-45(35-43-23-9-13-27-49(43)57(59)55-47-25-11-7-21-41(47)31-33-51(55)39-17-3-1-4-18-39)37-61-53-29-15-16-30-54(53)62-38-46-36-44-24-10-14-28-50(44)58(60(46)64)56-48-26-12-8-22-42(48)32-34-52(56)40-19-5-2-6-20-40;;;;/h2*1-14,17-28,31-37,53-54,62-64H,15-16,29-30,38H2;2*1H2;;/t2*53-,54-;;;;/m00..../s1.